The molecular formula is C9H8N2O3S. The lowest BCUT2D eigenvalue weighted by atomic mass is 10.1. The number of nitrogens with zero attached hydrogens (tertiary/aromatic N) is 1. The van der Waals surface area contributed by atoms with Crippen molar-refractivity contribution in [3.05, 3.63) is 33.9 Å². The first-order valence-electron chi connectivity index (χ1n) is 4.38. The molecule has 78 valence electrons. The molecule has 0 radical (unpaired) electrons. The van der Waals surface area contributed by atoms with E-state index in [-0.39, 0.29) is 11.4 Å². The maximum atomic E-state index is 10.8. The SMILES string of the molecule is O=[N+]([O-])c1cccc2c1OCCNC2=S. The third-order valence-corrected chi connectivity index (χ3v) is 2.43. The van der Waals surface area contributed by atoms with Crippen molar-refractivity contribution in [3.63, 3.8) is 0 Å². The second-order valence-electron chi connectivity index (χ2n) is 3.02. The van der Waals surface area contributed by atoms with Gasteiger partial charge in [-0.05, 0) is 6.07 Å². The molecular weight excluding hydrogens is 216 g/mol. The zero-order valence-corrected chi connectivity index (χ0v) is 8.54. The van der Waals surface area contributed by atoms with Crippen LogP contribution in [0.5, 0.6) is 5.75 Å². The quantitative estimate of drug-likeness (QED) is 0.442. The molecule has 15 heavy (non-hydrogen) atoms. The normalized spacial score (nSPS) is 14.5. The summed E-state index contributed by atoms with van der Waals surface area (Å²) in [5.74, 6) is 0.262. The maximum Gasteiger partial charge on any atom is 0.311 e. The van der Waals surface area contributed by atoms with Gasteiger partial charge in [-0.2, -0.15) is 0 Å². The van der Waals surface area contributed by atoms with E-state index in [2.05, 4.69) is 5.32 Å². The Morgan fingerprint density at radius 1 is 1.53 bits per heavy atom. The fraction of sp³-hybridized carbons (Fsp3) is 0.222. The molecule has 2 rings (SSSR count). The van der Waals surface area contributed by atoms with Crippen LogP contribution in [0.25, 0.3) is 0 Å². The summed E-state index contributed by atoms with van der Waals surface area (Å²) < 4.78 is 5.32. The smallest absolute Gasteiger partial charge is 0.311 e. The molecule has 0 fully saturated rings. The summed E-state index contributed by atoms with van der Waals surface area (Å²) in [5, 5.41) is 13.7. The Morgan fingerprint density at radius 3 is 3.07 bits per heavy atom. The van der Waals surface area contributed by atoms with Gasteiger partial charge in [0.15, 0.2) is 0 Å². The van der Waals surface area contributed by atoms with Crippen LogP contribution in [0, 0.1) is 10.1 Å². The van der Waals surface area contributed by atoms with Crippen molar-refractivity contribution in [2.24, 2.45) is 0 Å². The molecule has 0 atom stereocenters. The Labute approximate surface area is 91.2 Å². The van der Waals surface area contributed by atoms with Crippen LogP contribution in [0.2, 0.25) is 0 Å². The fourth-order valence-corrected chi connectivity index (χ4v) is 1.67. The van der Waals surface area contributed by atoms with Crippen LogP contribution >= 0.6 is 12.2 Å². The van der Waals surface area contributed by atoms with E-state index >= 15 is 0 Å². The highest BCUT2D eigenvalue weighted by atomic mass is 32.1. The molecule has 1 aromatic carbocycles. The minimum Gasteiger partial charge on any atom is -0.484 e. The van der Waals surface area contributed by atoms with Crippen molar-refractivity contribution in [2.45, 2.75) is 0 Å². The fourth-order valence-electron chi connectivity index (χ4n) is 1.41. The van der Waals surface area contributed by atoms with E-state index in [0.717, 1.165) is 0 Å². The van der Waals surface area contributed by atoms with Gasteiger partial charge in [0, 0.05) is 12.6 Å². The first kappa shape index (κ1) is 9.85. The zero-order chi connectivity index (χ0) is 10.8. The maximum absolute atomic E-state index is 10.8. The third kappa shape index (κ3) is 1.75. The molecule has 6 heteroatoms. The van der Waals surface area contributed by atoms with Gasteiger partial charge < -0.3 is 10.1 Å². The lowest BCUT2D eigenvalue weighted by Crippen LogP contribution is -2.23. The topological polar surface area (TPSA) is 64.4 Å². The number of rotatable bonds is 1. The molecule has 0 spiro atoms. The van der Waals surface area contributed by atoms with Crippen LogP contribution < -0.4 is 10.1 Å². The van der Waals surface area contributed by atoms with E-state index in [0.29, 0.717) is 23.7 Å². The average molecular weight is 224 g/mol. The third-order valence-electron chi connectivity index (χ3n) is 2.07. The van der Waals surface area contributed by atoms with Crippen molar-refractivity contribution in [1.29, 1.82) is 0 Å². The molecule has 0 amide bonds. The van der Waals surface area contributed by atoms with Gasteiger partial charge in [0.1, 0.15) is 11.6 Å². The average Bonchev–Trinajstić information content (AvgIpc) is 2.40. The molecule has 0 saturated heterocycles. The van der Waals surface area contributed by atoms with E-state index in [1.807, 2.05) is 0 Å². The monoisotopic (exact) mass is 224 g/mol. The number of ether oxygens (including phenoxy) is 1. The van der Waals surface area contributed by atoms with Crippen LogP contribution in [0.15, 0.2) is 18.2 Å². The summed E-state index contributed by atoms with van der Waals surface area (Å²) in [4.78, 5) is 10.8. The van der Waals surface area contributed by atoms with Crippen LogP contribution in [0.3, 0.4) is 0 Å². The number of benzene rings is 1. The highest BCUT2D eigenvalue weighted by Gasteiger charge is 2.22. The van der Waals surface area contributed by atoms with Gasteiger partial charge in [0.05, 0.1) is 10.5 Å². The van der Waals surface area contributed by atoms with Crippen LogP contribution in [0.4, 0.5) is 5.69 Å². The Kier molecular flexibility index (Phi) is 2.51. The van der Waals surface area contributed by atoms with Crippen molar-refractivity contribution in [1.82, 2.24) is 5.32 Å². The molecule has 1 aromatic rings. The van der Waals surface area contributed by atoms with Crippen molar-refractivity contribution >= 4 is 22.9 Å². The van der Waals surface area contributed by atoms with Crippen molar-refractivity contribution in [2.75, 3.05) is 13.2 Å². The van der Waals surface area contributed by atoms with Gasteiger partial charge in [0.25, 0.3) is 0 Å². The minimum absolute atomic E-state index is 0.0430. The number of fused-ring (bicyclic) bond motifs is 1. The van der Waals surface area contributed by atoms with Gasteiger partial charge in [-0.3, -0.25) is 10.1 Å². The van der Waals surface area contributed by atoms with E-state index in [4.69, 9.17) is 17.0 Å². The molecule has 5 nitrogen and oxygen atoms in total. The summed E-state index contributed by atoms with van der Waals surface area (Å²) in [7, 11) is 0. The number of nitro benzene ring substituents is 1. The summed E-state index contributed by atoms with van der Waals surface area (Å²) in [5.41, 5.74) is 0.537. The van der Waals surface area contributed by atoms with Crippen LogP contribution in [-0.4, -0.2) is 23.1 Å². The molecule has 1 heterocycles. The molecule has 0 aromatic heterocycles. The van der Waals surface area contributed by atoms with Crippen molar-refractivity contribution in [3.8, 4) is 5.75 Å². The zero-order valence-electron chi connectivity index (χ0n) is 7.73. The lowest BCUT2D eigenvalue weighted by Gasteiger charge is -2.06. The number of hydrogen-bond donors (Lipinski definition) is 1. The number of nitro groups is 1. The molecule has 1 aliphatic rings. The van der Waals surface area contributed by atoms with E-state index < -0.39 is 4.92 Å². The van der Waals surface area contributed by atoms with Crippen molar-refractivity contribution < 1.29 is 9.66 Å². The predicted octanol–water partition coefficient (Wildman–Crippen LogP) is 1.25. The molecule has 0 bridgehead atoms. The molecule has 0 unspecified atom stereocenters. The molecule has 0 aliphatic carbocycles. The largest absolute Gasteiger partial charge is 0.484 e. The van der Waals surface area contributed by atoms with Gasteiger partial charge in [-0.1, -0.05) is 18.3 Å². The Morgan fingerprint density at radius 2 is 2.33 bits per heavy atom. The summed E-state index contributed by atoms with van der Waals surface area (Å²) >= 11 is 5.08. The summed E-state index contributed by atoms with van der Waals surface area (Å²) in [6, 6.07) is 4.72. The van der Waals surface area contributed by atoms with Crippen LogP contribution in [0.1, 0.15) is 5.56 Å². The van der Waals surface area contributed by atoms with Gasteiger partial charge in [0.2, 0.25) is 5.75 Å². The summed E-state index contributed by atoms with van der Waals surface area (Å²) in [6.45, 7) is 0.933. The second kappa shape index (κ2) is 3.82. The highest BCUT2D eigenvalue weighted by Crippen LogP contribution is 2.31. The van der Waals surface area contributed by atoms with Gasteiger partial charge in [-0.25, -0.2) is 0 Å². The Bertz CT molecular complexity index is 433. The predicted molar refractivity (Wildman–Crippen MR) is 58.3 cm³/mol. The lowest BCUT2D eigenvalue weighted by molar-refractivity contribution is -0.385. The first-order valence-corrected chi connectivity index (χ1v) is 4.79. The first-order chi connectivity index (χ1) is 7.20. The second-order valence-corrected chi connectivity index (χ2v) is 3.42. The van der Waals surface area contributed by atoms with Crippen LogP contribution in [-0.2, 0) is 0 Å². The van der Waals surface area contributed by atoms with E-state index in [9.17, 15) is 10.1 Å². The van der Waals surface area contributed by atoms with Gasteiger partial charge in [-0.15, -0.1) is 0 Å². The number of thiocarbonyl (C=S) groups is 1. The number of nitrogens with one attached hydrogen (secondary N) is 1. The molecule has 1 aliphatic heterocycles. The molecule has 1 N–H and O–H groups in total. The highest BCUT2D eigenvalue weighted by molar-refractivity contribution is 7.80. The van der Waals surface area contributed by atoms with Gasteiger partial charge >= 0.3 is 5.69 Å². The standard InChI is InChI=1S/C9H8N2O3S/c12-11(13)7-3-1-2-6-8(7)14-5-4-10-9(6)15/h1-3H,4-5H2,(H,10,15). The summed E-state index contributed by atoms with van der Waals surface area (Å²) in [6.07, 6.45) is 0. The van der Waals surface area contributed by atoms with E-state index in [1.54, 1.807) is 12.1 Å². The minimum atomic E-state index is -0.466. The number of hydrogen-bond acceptors (Lipinski definition) is 4. The molecule has 0 saturated carbocycles. The Balaban J connectivity index is 2.58. The van der Waals surface area contributed by atoms with E-state index in [1.165, 1.54) is 6.07 Å². The Hall–Kier alpha value is -1.69. The number of para-hydroxylation sites is 1.